The average Bonchev–Trinajstić information content (AvgIpc) is 2.48. The third-order valence-corrected chi connectivity index (χ3v) is 1.68. The monoisotopic (exact) mass is 110 g/mol. The Morgan fingerprint density at radius 3 is 2.75 bits per heavy atom. The van der Waals surface area contributed by atoms with Crippen LogP contribution in [0, 0.1) is 24.2 Å². The number of aliphatic hydroxyl groups is 1. The topological polar surface area (TPSA) is 20.2 Å². The van der Waals surface area contributed by atoms with E-state index < -0.39 is 0 Å². The van der Waals surface area contributed by atoms with Crippen LogP contribution in [0.25, 0.3) is 0 Å². The first-order chi connectivity index (χ1) is 3.88. The Morgan fingerprint density at radius 2 is 2.38 bits per heavy atom. The first kappa shape index (κ1) is 5.65. The Labute approximate surface area is 49.7 Å². The second-order valence-electron chi connectivity index (χ2n) is 2.35. The van der Waals surface area contributed by atoms with Gasteiger partial charge in [-0.2, -0.15) is 0 Å². The van der Waals surface area contributed by atoms with Crippen LogP contribution in [0.4, 0.5) is 0 Å². The molecule has 0 bridgehead atoms. The van der Waals surface area contributed by atoms with E-state index in [1.54, 1.807) is 0 Å². The Balaban J connectivity index is 2.10. The predicted molar refractivity (Wildman–Crippen MR) is 32.1 cm³/mol. The van der Waals surface area contributed by atoms with Crippen LogP contribution in [0.2, 0.25) is 0 Å². The van der Waals surface area contributed by atoms with Crippen molar-refractivity contribution >= 4 is 0 Å². The summed E-state index contributed by atoms with van der Waals surface area (Å²) in [6, 6.07) is 0. The predicted octanol–water partition coefficient (Wildman–Crippen LogP) is 0.638. The lowest BCUT2D eigenvalue weighted by molar-refractivity contribution is 0.269. The van der Waals surface area contributed by atoms with E-state index in [0.717, 1.165) is 12.8 Å². The molecule has 0 aromatic rings. The SMILES string of the molecule is C#CC[C@H]1C[C@H]1CO. The minimum Gasteiger partial charge on any atom is -0.396 e. The molecule has 8 heavy (non-hydrogen) atoms. The second-order valence-corrected chi connectivity index (χ2v) is 2.35. The van der Waals surface area contributed by atoms with Gasteiger partial charge in [-0.3, -0.25) is 0 Å². The van der Waals surface area contributed by atoms with Gasteiger partial charge in [-0.25, -0.2) is 0 Å². The number of aliphatic hydroxyl groups excluding tert-OH is 1. The molecule has 0 amide bonds. The molecular weight excluding hydrogens is 100 g/mol. The van der Waals surface area contributed by atoms with Gasteiger partial charge in [0.2, 0.25) is 0 Å². The van der Waals surface area contributed by atoms with E-state index in [-0.39, 0.29) is 0 Å². The van der Waals surface area contributed by atoms with E-state index in [9.17, 15) is 0 Å². The quantitative estimate of drug-likeness (QED) is 0.517. The van der Waals surface area contributed by atoms with Crippen molar-refractivity contribution in [3.63, 3.8) is 0 Å². The molecule has 1 aliphatic rings. The van der Waals surface area contributed by atoms with Crippen LogP contribution in [0.5, 0.6) is 0 Å². The largest absolute Gasteiger partial charge is 0.396 e. The van der Waals surface area contributed by atoms with Crippen molar-refractivity contribution in [2.75, 3.05) is 6.61 Å². The Bertz CT molecular complexity index is 112. The molecule has 0 aromatic heterocycles. The van der Waals surface area contributed by atoms with E-state index in [2.05, 4.69) is 5.92 Å². The lowest BCUT2D eigenvalue weighted by atomic mass is 10.2. The maximum atomic E-state index is 8.53. The normalized spacial score (nSPS) is 34.0. The van der Waals surface area contributed by atoms with Crippen LogP contribution in [-0.4, -0.2) is 11.7 Å². The highest BCUT2D eigenvalue weighted by Crippen LogP contribution is 2.39. The molecule has 1 aliphatic carbocycles. The minimum absolute atomic E-state index is 0.326. The van der Waals surface area contributed by atoms with Crippen LogP contribution in [0.3, 0.4) is 0 Å². The lowest BCUT2D eigenvalue weighted by Gasteiger charge is -1.85. The second kappa shape index (κ2) is 2.19. The molecule has 0 heterocycles. The fourth-order valence-corrected chi connectivity index (χ4v) is 0.935. The van der Waals surface area contributed by atoms with Gasteiger partial charge in [-0.15, -0.1) is 12.3 Å². The summed E-state index contributed by atoms with van der Waals surface area (Å²) in [7, 11) is 0. The van der Waals surface area contributed by atoms with Gasteiger partial charge in [0.15, 0.2) is 0 Å². The van der Waals surface area contributed by atoms with E-state index in [1.807, 2.05) is 0 Å². The molecular formula is C7H10O. The highest BCUT2D eigenvalue weighted by Gasteiger charge is 2.34. The van der Waals surface area contributed by atoms with E-state index in [0.29, 0.717) is 18.4 Å². The fraction of sp³-hybridized carbons (Fsp3) is 0.714. The third kappa shape index (κ3) is 1.02. The summed E-state index contributed by atoms with van der Waals surface area (Å²) < 4.78 is 0. The standard InChI is InChI=1S/C7H10O/c1-2-3-6-4-7(6)5-8/h1,6-8H,3-5H2/t6-,7-/m0/s1. The first-order valence-electron chi connectivity index (χ1n) is 2.92. The van der Waals surface area contributed by atoms with Crippen LogP contribution in [0.1, 0.15) is 12.8 Å². The van der Waals surface area contributed by atoms with Crippen LogP contribution < -0.4 is 0 Å². The summed E-state index contributed by atoms with van der Waals surface area (Å²) >= 11 is 0. The smallest absolute Gasteiger partial charge is 0.0462 e. The fourth-order valence-electron chi connectivity index (χ4n) is 0.935. The van der Waals surface area contributed by atoms with Gasteiger partial charge in [-0.1, -0.05) is 0 Å². The molecule has 2 atom stereocenters. The molecule has 0 aliphatic heterocycles. The molecule has 1 N–H and O–H groups in total. The van der Waals surface area contributed by atoms with E-state index in [1.165, 1.54) is 0 Å². The van der Waals surface area contributed by atoms with Crippen molar-refractivity contribution in [1.82, 2.24) is 0 Å². The summed E-state index contributed by atoms with van der Waals surface area (Å²) in [5.41, 5.74) is 0. The number of hydrogen-bond acceptors (Lipinski definition) is 1. The number of terminal acetylenes is 1. The van der Waals surface area contributed by atoms with Gasteiger partial charge < -0.3 is 5.11 Å². The summed E-state index contributed by atoms with van der Waals surface area (Å²) in [5.74, 6) is 3.76. The summed E-state index contributed by atoms with van der Waals surface area (Å²) in [4.78, 5) is 0. The molecule has 1 rings (SSSR count). The molecule has 0 radical (unpaired) electrons. The molecule has 0 spiro atoms. The molecule has 1 heteroatoms. The first-order valence-corrected chi connectivity index (χ1v) is 2.92. The molecule has 0 unspecified atom stereocenters. The number of hydrogen-bond donors (Lipinski definition) is 1. The maximum Gasteiger partial charge on any atom is 0.0462 e. The van der Waals surface area contributed by atoms with Crippen molar-refractivity contribution < 1.29 is 5.11 Å². The highest BCUT2D eigenvalue weighted by atomic mass is 16.3. The van der Waals surface area contributed by atoms with Gasteiger partial charge >= 0.3 is 0 Å². The Hall–Kier alpha value is -0.480. The third-order valence-electron chi connectivity index (χ3n) is 1.68. The zero-order valence-electron chi connectivity index (χ0n) is 4.80. The summed E-state index contributed by atoms with van der Waals surface area (Å²) in [6.45, 7) is 0.326. The van der Waals surface area contributed by atoms with Crippen LogP contribution >= 0.6 is 0 Å². The van der Waals surface area contributed by atoms with Crippen LogP contribution in [-0.2, 0) is 0 Å². The van der Waals surface area contributed by atoms with Gasteiger partial charge in [0.05, 0.1) is 0 Å². The highest BCUT2D eigenvalue weighted by molar-refractivity contribution is 4.96. The molecule has 1 fully saturated rings. The maximum absolute atomic E-state index is 8.53. The van der Waals surface area contributed by atoms with E-state index >= 15 is 0 Å². The van der Waals surface area contributed by atoms with Gasteiger partial charge in [0.25, 0.3) is 0 Å². The Kier molecular flexibility index (Phi) is 1.55. The Morgan fingerprint density at radius 1 is 1.62 bits per heavy atom. The van der Waals surface area contributed by atoms with Crippen molar-refractivity contribution in [1.29, 1.82) is 0 Å². The van der Waals surface area contributed by atoms with Gasteiger partial charge in [0.1, 0.15) is 0 Å². The summed E-state index contributed by atoms with van der Waals surface area (Å²) in [6.07, 6.45) is 7.05. The number of rotatable bonds is 2. The molecule has 1 nitrogen and oxygen atoms in total. The molecule has 1 saturated carbocycles. The van der Waals surface area contributed by atoms with Crippen molar-refractivity contribution in [3.05, 3.63) is 0 Å². The summed E-state index contributed by atoms with van der Waals surface area (Å²) in [5, 5.41) is 8.53. The molecule has 0 aromatic carbocycles. The minimum atomic E-state index is 0.326. The zero-order chi connectivity index (χ0) is 5.98. The van der Waals surface area contributed by atoms with Gasteiger partial charge in [0, 0.05) is 13.0 Å². The van der Waals surface area contributed by atoms with E-state index in [4.69, 9.17) is 11.5 Å². The van der Waals surface area contributed by atoms with Crippen LogP contribution in [0.15, 0.2) is 0 Å². The van der Waals surface area contributed by atoms with Crippen molar-refractivity contribution in [3.8, 4) is 12.3 Å². The molecule has 0 saturated heterocycles. The average molecular weight is 110 g/mol. The lowest BCUT2D eigenvalue weighted by Crippen LogP contribution is -1.86. The van der Waals surface area contributed by atoms with Crippen molar-refractivity contribution in [2.24, 2.45) is 11.8 Å². The van der Waals surface area contributed by atoms with Gasteiger partial charge in [-0.05, 0) is 18.3 Å². The zero-order valence-corrected chi connectivity index (χ0v) is 4.80. The van der Waals surface area contributed by atoms with Crippen molar-refractivity contribution in [2.45, 2.75) is 12.8 Å². The molecule has 44 valence electrons.